The van der Waals surface area contributed by atoms with Crippen LogP contribution in [0.1, 0.15) is 24.2 Å². The lowest BCUT2D eigenvalue weighted by molar-refractivity contribution is -0.118. The molecule has 0 bridgehead atoms. The number of halogens is 3. The molecule has 0 saturated heterocycles. The van der Waals surface area contributed by atoms with Gasteiger partial charge in [-0.1, -0.05) is 37.6 Å². The van der Waals surface area contributed by atoms with E-state index in [9.17, 15) is 18.4 Å². The van der Waals surface area contributed by atoms with Gasteiger partial charge in [0.2, 0.25) is 5.91 Å². The van der Waals surface area contributed by atoms with Crippen molar-refractivity contribution >= 4 is 29.1 Å². The summed E-state index contributed by atoms with van der Waals surface area (Å²) in [5, 5.41) is 5.45. The highest BCUT2D eigenvalue weighted by Crippen LogP contribution is 2.17. The maximum Gasteiger partial charge on any atom is 0.257 e. The Labute approximate surface area is 149 Å². The van der Waals surface area contributed by atoms with Gasteiger partial charge in [0.25, 0.3) is 5.91 Å². The van der Waals surface area contributed by atoms with E-state index >= 15 is 0 Å². The van der Waals surface area contributed by atoms with Crippen molar-refractivity contribution < 1.29 is 18.4 Å². The fraction of sp³-hybridized carbons (Fsp3) is 0.222. The van der Waals surface area contributed by atoms with Crippen molar-refractivity contribution in [3.05, 3.63) is 64.7 Å². The van der Waals surface area contributed by atoms with Crippen LogP contribution in [-0.4, -0.2) is 17.9 Å². The molecule has 0 aliphatic heterocycles. The first-order chi connectivity index (χ1) is 11.8. The maximum absolute atomic E-state index is 13.7. The monoisotopic (exact) mass is 366 g/mol. The smallest absolute Gasteiger partial charge is 0.257 e. The van der Waals surface area contributed by atoms with Crippen LogP contribution in [0.15, 0.2) is 42.5 Å². The summed E-state index contributed by atoms with van der Waals surface area (Å²) in [6.45, 7) is 3.42. The summed E-state index contributed by atoms with van der Waals surface area (Å²) in [5.41, 5.74) is -0.266. The van der Waals surface area contributed by atoms with Crippen LogP contribution >= 0.6 is 11.6 Å². The van der Waals surface area contributed by atoms with Crippen LogP contribution in [0.2, 0.25) is 5.02 Å². The number of carbonyl (C=O) groups is 2. The van der Waals surface area contributed by atoms with E-state index in [2.05, 4.69) is 10.6 Å². The summed E-state index contributed by atoms with van der Waals surface area (Å²) in [4.78, 5) is 24.7. The fourth-order valence-electron chi connectivity index (χ4n) is 2.25. The number of nitrogens with one attached hydrogen (secondary N) is 2. The predicted molar refractivity (Wildman–Crippen MR) is 92.5 cm³/mol. The highest BCUT2D eigenvalue weighted by Gasteiger charge is 2.27. The zero-order chi connectivity index (χ0) is 18.6. The van der Waals surface area contributed by atoms with Crippen molar-refractivity contribution in [2.75, 3.05) is 5.32 Å². The van der Waals surface area contributed by atoms with Crippen molar-refractivity contribution in [3.8, 4) is 0 Å². The Morgan fingerprint density at radius 1 is 1.04 bits per heavy atom. The number of rotatable bonds is 5. The van der Waals surface area contributed by atoms with Crippen LogP contribution in [0.5, 0.6) is 0 Å². The van der Waals surface area contributed by atoms with Crippen LogP contribution in [-0.2, 0) is 4.79 Å². The highest BCUT2D eigenvalue weighted by molar-refractivity contribution is 6.30. The highest BCUT2D eigenvalue weighted by atomic mass is 35.5. The lowest BCUT2D eigenvalue weighted by atomic mass is 10.0. The summed E-state index contributed by atoms with van der Waals surface area (Å²) >= 11 is 5.87. The molecule has 0 aromatic heterocycles. The van der Waals surface area contributed by atoms with Crippen LogP contribution in [0.4, 0.5) is 14.5 Å². The van der Waals surface area contributed by atoms with Crippen molar-refractivity contribution in [1.29, 1.82) is 0 Å². The fourth-order valence-corrected chi connectivity index (χ4v) is 2.44. The average molecular weight is 367 g/mol. The summed E-state index contributed by atoms with van der Waals surface area (Å²) in [6, 6.07) is 8.64. The lowest BCUT2D eigenvalue weighted by Gasteiger charge is -2.22. The van der Waals surface area contributed by atoms with Gasteiger partial charge in [0.1, 0.15) is 23.2 Å². The molecule has 2 N–H and O–H groups in total. The zero-order valence-electron chi connectivity index (χ0n) is 13.6. The van der Waals surface area contributed by atoms with Crippen LogP contribution in [0.3, 0.4) is 0 Å². The third kappa shape index (κ3) is 4.76. The minimum absolute atomic E-state index is 0.307. The Kier molecular flexibility index (Phi) is 6.09. The number of hydrogen-bond acceptors (Lipinski definition) is 2. The Hall–Kier alpha value is -2.47. The first-order valence-electron chi connectivity index (χ1n) is 7.61. The van der Waals surface area contributed by atoms with Crippen molar-refractivity contribution in [2.45, 2.75) is 19.9 Å². The molecule has 0 heterocycles. The van der Waals surface area contributed by atoms with Gasteiger partial charge in [-0.3, -0.25) is 9.59 Å². The van der Waals surface area contributed by atoms with E-state index in [0.29, 0.717) is 10.7 Å². The quantitative estimate of drug-likeness (QED) is 0.840. The van der Waals surface area contributed by atoms with E-state index in [0.717, 1.165) is 18.2 Å². The average Bonchev–Trinajstić information content (AvgIpc) is 2.52. The Morgan fingerprint density at radius 2 is 1.64 bits per heavy atom. The molecular formula is C18H17ClF2N2O2. The van der Waals surface area contributed by atoms with Crippen molar-refractivity contribution in [3.63, 3.8) is 0 Å². The second kappa shape index (κ2) is 8.07. The topological polar surface area (TPSA) is 58.2 Å². The van der Waals surface area contributed by atoms with Gasteiger partial charge in [0, 0.05) is 10.7 Å². The minimum atomic E-state index is -0.991. The first kappa shape index (κ1) is 18.9. The SMILES string of the molecule is CC(C)[C@H](NC(=O)c1c(F)cccc1F)C(=O)Nc1cccc(Cl)c1. The van der Waals surface area contributed by atoms with Gasteiger partial charge >= 0.3 is 0 Å². The standard InChI is InChI=1S/C18H17ClF2N2O2/c1-10(2)16(18(25)22-12-6-3-5-11(19)9-12)23-17(24)15-13(20)7-4-8-14(15)21/h3-10,16H,1-2H3,(H,22,25)(H,23,24)/t16-/m0/s1. The van der Waals surface area contributed by atoms with Gasteiger partial charge in [0.05, 0.1) is 0 Å². The Bertz CT molecular complexity index is 776. The third-order valence-corrected chi connectivity index (χ3v) is 3.75. The zero-order valence-corrected chi connectivity index (χ0v) is 14.4. The molecule has 2 rings (SSSR count). The molecule has 0 saturated carbocycles. The predicted octanol–water partition coefficient (Wildman–Crippen LogP) is 4.01. The van der Waals surface area contributed by atoms with E-state index < -0.39 is 35.1 Å². The number of amides is 2. The molecule has 25 heavy (non-hydrogen) atoms. The molecule has 7 heteroatoms. The lowest BCUT2D eigenvalue weighted by Crippen LogP contribution is -2.47. The Balaban J connectivity index is 2.18. The molecular weight excluding hydrogens is 350 g/mol. The second-order valence-corrected chi connectivity index (χ2v) is 6.23. The molecule has 1 atom stereocenters. The second-order valence-electron chi connectivity index (χ2n) is 5.79. The van der Waals surface area contributed by atoms with Crippen molar-refractivity contribution in [1.82, 2.24) is 5.32 Å². The van der Waals surface area contributed by atoms with Gasteiger partial charge in [-0.2, -0.15) is 0 Å². The number of anilines is 1. The summed E-state index contributed by atoms with van der Waals surface area (Å²) in [6.07, 6.45) is 0. The van der Waals surface area contributed by atoms with Gasteiger partial charge in [-0.05, 0) is 36.2 Å². The Morgan fingerprint density at radius 3 is 2.20 bits per heavy atom. The first-order valence-corrected chi connectivity index (χ1v) is 7.98. The molecule has 4 nitrogen and oxygen atoms in total. The molecule has 0 radical (unpaired) electrons. The molecule has 2 aromatic rings. The molecule has 0 fully saturated rings. The normalized spacial score (nSPS) is 11.9. The molecule has 2 aromatic carbocycles. The molecule has 0 unspecified atom stereocenters. The van der Waals surface area contributed by atoms with Crippen molar-refractivity contribution in [2.24, 2.45) is 5.92 Å². The maximum atomic E-state index is 13.7. The molecule has 2 amide bonds. The summed E-state index contributed by atoms with van der Waals surface area (Å²) < 4.78 is 27.5. The van der Waals surface area contributed by atoms with Crippen LogP contribution in [0.25, 0.3) is 0 Å². The number of benzene rings is 2. The summed E-state index contributed by atoms with van der Waals surface area (Å²) in [5.74, 6) is -3.79. The largest absolute Gasteiger partial charge is 0.340 e. The number of carbonyl (C=O) groups excluding carboxylic acids is 2. The van der Waals surface area contributed by atoms with E-state index in [1.165, 1.54) is 0 Å². The van der Waals surface area contributed by atoms with Gasteiger partial charge in [0.15, 0.2) is 0 Å². The third-order valence-electron chi connectivity index (χ3n) is 3.52. The molecule has 0 aliphatic rings. The van der Waals surface area contributed by atoms with E-state index in [1.54, 1.807) is 38.1 Å². The summed E-state index contributed by atoms with van der Waals surface area (Å²) in [7, 11) is 0. The van der Waals surface area contributed by atoms with E-state index in [1.807, 2.05) is 0 Å². The van der Waals surface area contributed by atoms with Gasteiger partial charge in [-0.25, -0.2) is 8.78 Å². The van der Waals surface area contributed by atoms with E-state index in [4.69, 9.17) is 11.6 Å². The molecule has 132 valence electrons. The van der Waals surface area contributed by atoms with Gasteiger partial charge in [-0.15, -0.1) is 0 Å². The number of hydrogen-bond donors (Lipinski definition) is 2. The van der Waals surface area contributed by atoms with Gasteiger partial charge < -0.3 is 10.6 Å². The van der Waals surface area contributed by atoms with E-state index in [-0.39, 0.29) is 5.92 Å². The molecule has 0 aliphatic carbocycles. The molecule has 0 spiro atoms. The van der Waals surface area contributed by atoms with Crippen LogP contribution in [0, 0.1) is 17.6 Å². The minimum Gasteiger partial charge on any atom is -0.340 e. The van der Waals surface area contributed by atoms with Crippen LogP contribution < -0.4 is 10.6 Å².